The molecule has 2 heterocycles. The molecule has 0 amide bonds. The largest absolute Gasteiger partial charge is 0.286 e. The Kier molecular flexibility index (Phi) is 5.59. The molecule has 0 saturated carbocycles. The Morgan fingerprint density at radius 1 is 0.914 bits per heavy atom. The van der Waals surface area contributed by atoms with Gasteiger partial charge in [0, 0.05) is 17.6 Å². The summed E-state index contributed by atoms with van der Waals surface area (Å²) in [4.78, 5) is 3.86. The van der Waals surface area contributed by atoms with Crippen molar-refractivity contribution in [2.24, 2.45) is 0 Å². The summed E-state index contributed by atoms with van der Waals surface area (Å²) in [6.45, 7) is 0. The van der Waals surface area contributed by atoms with Crippen LogP contribution in [0, 0.1) is 0 Å². The summed E-state index contributed by atoms with van der Waals surface area (Å²) in [6, 6.07) is 16.3. The number of rotatable bonds is 6. The third-order valence-electron chi connectivity index (χ3n) is 5.91. The van der Waals surface area contributed by atoms with Gasteiger partial charge in [-0.25, -0.2) is 30.5 Å². The fourth-order valence-corrected chi connectivity index (χ4v) is 8.48. The molecule has 0 spiro atoms. The summed E-state index contributed by atoms with van der Waals surface area (Å²) in [5, 5.41) is -0.223. The van der Waals surface area contributed by atoms with E-state index < -0.39 is 41.0 Å². The average molecular weight is 532 g/mol. The van der Waals surface area contributed by atoms with Gasteiger partial charge < -0.3 is 0 Å². The van der Waals surface area contributed by atoms with E-state index in [9.17, 15) is 25.3 Å². The van der Waals surface area contributed by atoms with Crippen LogP contribution in [0.2, 0.25) is 0 Å². The third-order valence-corrected chi connectivity index (χ3v) is 10.1. The van der Waals surface area contributed by atoms with Crippen molar-refractivity contribution in [1.82, 2.24) is 13.7 Å². The van der Waals surface area contributed by atoms with Gasteiger partial charge in [0.05, 0.1) is 16.7 Å². The van der Waals surface area contributed by atoms with Crippen molar-refractivity contribution in [3.8, 4) is 0 Å². The van der Waals surface area contributed by atoms with Crippen LogP contribution in [-0.2, 0) is 36.3 Å². The molecule has 1 atom stereocenters. The van der Waals surface area contributed by atoms with Crippen LogP contribution in [0.25, 0.3) is 10.9 Å². The first-order valence-electron chi connectivity index (χ1n) is 10.6. The second-order valence-corrected chi connectivity index (χ2v) is 13.7. The van der Waals surface area contributed by atoms with Crippen molar-refractivity contribution in [2.75, 3.05) is 6.26 Å². The van der Waals surface area contributed by atoms with Crippen molar-refractivity contribution >= 4 is 40.8 Å². The van der Waals surface area contributed by atoms with Crippen LogP contribution in [0.15, 0.2) is 87.9 Å². The highest BCUT2D eigenvalue weighted by molar-refractivity contribution is 7.93. The molecule has 2 aromatic heterocycles. The highest BCUT2D eigenvalue weighted by Gasteiger charge is 2.33. The fourth-order valence-electron chi connectivity index (χ4n) is 4.40. The van der Waals surface area contributed by atoms with E-state index in [-0.39, 0.29) is 15.4 Å². The Morgan fingerprint density at radius 3 is 2.37 bits per heavy atom. The van der Waals surface area contributed by atoms with E-state index in [2.05, 4.69) is 9.71 Å². The first-order chi connectivity index (χ1) is 16.5. The number of para-hydroxylation sites is 1. The Hall–Kier alpha value is -3.06. The quantitative estimate of drug-likeness (QED) is 0.404. The Balaban J connectivity index is 1.67. The van der Waals surface area contributed by atoms with Gasteiger partial charge in [-0.05, 0) is 60.4 Å². The van der Waals surface area contributed by atoms with Gasteiger partial charge in [-0.2, -0.15) is 8.42 Å². The second kappa shape index (κ2) is 8.26. The van der Waals surface area contributed by atoms with Crippen LogP contribution in [0.3, 0.4) is 0 Å². The van der Waals surface area contributed by atoms with Crippen molar-refractivity contribution < 1.29 is 25.3 Å². The molecule has 1 unspecified atom stereocenters. The third kappa shape index (κ3) is 4.16. The minimum Gasteiger partial charge on any atom is -0.243 e. The van der Waals surface area contributed by atoms with Crippen LogP contribution in [0.1, 0.15) is 23.6 Å². The lowest BCUT2D eigenvalue weighted by Gasteiger charge is -2.14. The van der Waals surface area contributed by atoms with Crippen LogP contribution in [0.5, 0.6) is 0 Å². The van der Waals surface area contributed by atoms with E-state index in [0.717, 1.165) is 10.2 Å². The number of aromatic nitrogens is 2. The summed E-state index contributed by atoms with van der Waals surface area (Å²) in [5.41, 5.74) is 1.62. The number of nitrogens with zero attached hydrogens (tertiary/aromatic N) is 2. The number of benzene rings is 2. The summed E-state index contributed by atoms with van der Waals surface area (Å²) in [5.74, 6) is 0. The first-order valence-corrected chi connectivity index (χ1v) is 15.4. The smallest absolute Gasteiger partial charge is 0.243 e. The zero-order chi connectivity index (χ0) is 25.0. The molecule has 1 aliphatic carbocycles. The summed E-state index contributed by atoms with van der Waals surface area (Å²) in [7, 11) is -12.1. The predicted octanol–water partition coefficient (Wildman–Crippen LogP) is 2.64. The molecule has 1 N–H and O–H groups in total. The van der Waals surface area contributed by atoms with E-state index in [1.165, 1.54) is 36.5 Å². The topological polar surface area (TPSA) is 132 Å². The number of sulfonamides is 1. The van der Waals surface area contributed by atoms with Gasteiger partial charge in [-0.1, -0.05) is 30.3 Å². The number of sulfone groups is 1. The zero-order valence-corrected chi connectivity index (χ0v) is 20.9. The van der Waals surface area contributed by atoms with Gasteiger partial charge in [-0.15, -0.1) is 0 Å². The highest BCUT2D eigenvalue weighted by Crippen LogP contribution is 2.36. The molecule has 0 aliphatic heterocycles. The van der Waals surface area contributed by atoms with Gasteiger partial charge in [0.1, 0.15) is 0 Å². The van der Waals surface area contributed by atoms with Crippen molar-refractivity contribution in [3.05, 3.63) is 84.1 Å². The Bertz CT molecular complexity index is 1780. The minimum atomic E-state index is -4.33. The van der Waals surface area contributed by atoms with Crippen molar-refractivity contribution in [2.45, 2.75) is 33.8 Å². The van der Waals surface area contributed by atoms with E-state index in [1.54, 1.807) is 36.4 Å². The molecule has 0 bridgehead atoms. The summed E-state index contributed by atoms with van der Waals surface area (Å²) >= 11 is 0. The fraction of sp³-hybridized carbons (Fsp3) is 0.174. The number of fused-ring (bicyclic) bond motifs is 2. The molecule has 0 saturated heterocycles. The molecule has 5 rings (SSSR count). The summed E-state index contributed by atoms with van der Waals surface area (Å²) in [6.07, 6.45) is 3.39. The Morgan fingerprint density at radius 2 is 1.66 bits per heavy atom. The van der Waals surface area contributed by atoms with Crippen LogP contribution in [0.4, 0.5) is 0 Å². The van der Waals surface area contributed by atoms with E-state index in [4.69, 9.17) is 0 Å². The van der Waals surface area contributed by atoms with Gasteiger partial charge >= 0.3 is 0 Å². The van der Waals surface area contributed by atoms with Crippen LogP contribution < -0.4 is 4.72 Å². The average Bonchev–Trinajstić information content (AvgIpc) is 3.40. The lowest BCUT2D eigenvalue weighted by Crippen LogP contribution is -2.25. The standard InChI is InChI=1S/C23H21N3O6S3/c1-33(27,28)25-20-12-9-16-14-18(10-11-19(16)20)34(29,30)23-15-17-6-2-3-7-21(17)26(23)35(31,32)22-8-4-5-13-24-22/h2-8,10-11,13-15,20,25H,9,12H2,1H3. The minimum absolute atomic E-state index is 0.0727. The zero-order valence-electron chi connectivity index (χ0n) is 18.5. The molecular weight excluding hydrogens is 510 g/mol. The summed E-state index contributed by atoms with van der Waals surface area (Å²) < 4.78 is 81.4. The molecule has 35 heavy (non-hydrogen) atoms. The number of hydrogen-bond acceptors (Lipinski definition) is 7. The molecule has 182 valence electrons. The van der Waals surface area contributed by atoms with Gasteiger partial charge in [0.25, 0.3) is 10.0 Å². The molecule has 4 aromatic rings. The van der Waals surface area contributed by atoms with E-state index in [1.807, 2.05) is 0 Å². The molecule has 12 heteroatoms. The maximum atomic E-state index is 13.8. The Labute approximate surface area is 203 Å². The highest BCUT2D eigenvalue weighted by atomic mass is 32.2. The molecule has 9 nitrogen and oxygen atoms in total. The van der Waals surface area contributed by atoms with Crippen molar-refractivity contribution in [1.29, 1.82) is 0 Å². The first kappa shape index (κ1) is 23.7. The monoisotopic (exact) mass is 531 g/mol. The van der Waals surface area contributed by atoms with Gasteiger partial charge in [-0.3, -0.25) is 0 Å². The van der Waals surface area contributed by atoms with E-state index >= 15 is 0 Å². The molecule has 2 aromatic carbocycles. The molecule has 0 fully saturated rings. The number of nitrogens with one attached hydrogen (secondary N) is 1. The lowest BCUT2D eigenvalue weighted by molar-refractivity contribution is 0.560. The van der Waals surface area contributed by atoms with Crippen molar-refractivity contribution in [3.63, 3.8) is 0 Å². The normalized spacial score (nSPS) is 16.4. The van der Waals surface area contributed by atoms with Crippen LogP contribution >= 0.6 is 0 Å². The maximum absolute atomic E-state index is 13.8. The number of aryl methyl sites for hydroxylation is 1. The number of pyridine rings is 1. The lowest BCUT2D eigenvalue weighted by atomic mass is 10.1. The van der Waals surface area contributed by atoms with Crippen LogP contribution in [-0.4, -0.2) is 40.5 Å². The maximum Gasteiger partial charge on any atom is 0.286 e. The van der Waals surface area contributed by atoms with E-state index in [0.29, 0.717) is 29.4 Å². The SMILES string of the molecule is CS(=O)(=O)NC1CCc2cc(S(=O)(=O)c3cc4ccccc4n3S(=O)(=O)c3ccccn3)ccc21. The molecule has 1 aliphatic rings. The molecule has 0 radical (unpaired) electrons. The van der Waals surface area contributed by atoms with Gasteiger partial charge in [0.15, 0.2) is 10.1 Å². The number of hydrogen-bond donors (Lipinski definition) is 1. The van der Waals surface area contributed by atoms with Gasteiger partial charge in [0.2, 0.25) is 19.9 Å². The predicted molar refractivity (Wildman–Crippen MR) is 130 cm³/mol. The molecular formula is C23H21N3O6S3. The second-order valence-electron chi connectivity index (χ2n) is 8.32.